The first kappa shape index (κ1) is 17.1. The van der Waals surface area contributed by atoms with Gasteiger partial charge in [0.2, 0.25) is 10.0 Å². The lowest BCUT2D eigenvalue weighted by atomic mass is 10.1. The van der Waals surface area contributed by atoms with Gasteiger partial charge in [-0.3, -0.25) is 4.90 Å². The normalized spacial score (nSPS) is 17.0. The standard InChI is InChI=1S/C18H22N2O3S/c21-15-17-8-6-16(7-9-17)14-19-10-12-20(13-11-19)24(22,23)18-4-2-1-3-5-18/h1-9,21H,10-15H2. The van der Waals surface area contributed by atoms with E-state index in [9.17, 15) is 8.42 Å². The zero-order valence-electron chi connectivity index (χ0n) is 13.5. The van der Waals surface area contributed by atoms with Crippen LogP contribution in [0.2, 0.25) is 0 Å². The van der Waals surface area contributed by atoms with E-state index in [4.69, 9.17) is 5.11 Å². The van der Waals surface area contributed by atoms with Gasteiger partial charge in [-0.15, -0.1) is 0 Å². The second kappa shape index (κ2) is 7.44. The smallest absolute Gasteiger partial charge is 0.243 e. The zero-order chi connectivity index (χ0) is 17.0. The molecule has 0 amide bonds. The third kappa shape index (κ3) is 3.84. The highest BCUT2D eigenvalue weighted by molar-refractivity contribution is 7.89. The lowest BCUT2D eigenvalue weighted by Gasteiger charge is -2.34. The highest BCUT2D eigenvalue weighted by Crippen LogP contribution is 2.18. The van der Waals surface area contributed by atoms with Crippen LogP contribution in [0, 0.1) is 0 Å². The fourth-order valence-electron chi connectivity index (χ4n) is 2.88. The molecule has 5 nitrogen and oxygen atoms in total. The quantitative estimate of drug-likeness (QED) is 0.895. The molecule has 0 atom stereocenters. The van der Waals surface area contributed by atoms with Crippen molar-refractivity contribution in [3.05, 3.63) is 65.7 Å². The summed E-state index contributed by atoms with van der Waals surface area (Å²) in [5.74, 6) is 0. The topological polar surface area (TPSA) is 60.9 Å². The maximum atomic E-state index is 12.6. The number of aliphatic hydroxyl groups excluding tert-OH is 1. The summed E-state index contributed by atoms with van der Waals surface area (Å²) in [6.45, 7) is 3.29. The summed E-state index contributed by atoms with van der Waals surface area (Å²) in [7, 11) is -3.39. The molecule has 0 radical (unpaired) electrons. The number of hydrogen-bond donors (Lipinski definition) is 1. The van der Waals surface area contributed by atoms with E-state index in [1.165, 1.54) is 5.56 Å². The van der Waals surface area contributed by atoms with Crippen molar-refractivity contribution >= 4 is 10.0 Å². The van der Waals surface area contributed by atoms with Gasteiger partial charge < -0.3 is 5.11 Å². The SMILES string of the molecule is O=S(=O)(c1ccccc1)N1CCN(Cc2ccc(CO)cc2)CC1. The molecule has 1 fully saturated rings. The number of piperazine rings is 1. The van der Waals surface area contributed by atoms with Crippen molar-refractivity contribution < 1.29 is 13.5 Å². The first-order valence-electron chi connectivity index (χ1n) is 8.06. The first-order valence-corrected chi connectivity index (χ1v) is 9.50. The Kier molecular flexibility index (Phi) is 5.30. The summed E-state index contributed by atoms with van der Waals surface area (Å²) in [6.07, 6.45) is 0. The predicted molar refractivity (Wildman–Crippen MR) is 92.8 cm³/mol. The molecule has 128 valence electrons. The molecule has 3 rings (SSSR count). The van der Waals surface area contributed by atoms with Gasteiger partial charge in [0.15, 0.2) is 0 Å². The Morgan fingerprint density at radius 3 is 2.00 bits per heavy atom. The van der Waals surface area contributed by atoms with Crippen LogP contribution in [0.15, 0.2) is 59.5 Å². The number of aliphatic hydroxyl groups is 1. The number of benzene rings is 2. The molecule has 1 saturated heterocycles. The van der Waals surface area contributed by atoms with Crippen LogP contribution in [0.5, 0.6) is 0 Å². The van der Waals surface area contributed by atoms with Crippen LogP contribution < -0.4 is 0 Å². The Hall–Kier alpha value is -1.73. The van der Waals surface area contributed by atoms with Gasteiger partial charge in [0, 0.05) is 32.7 Å². The van der Waals surface area contributed by atoms with Crippen molar-refractivity contribution in [3.8, 4) is 0 Å². The number of nitrogens with zero attached hydrogens (tertiary/aromatic N) is 2. The Bertz CT molecular complexity index is 753. The molecule has 1 heterocycles. The summed E-state index contributed by atoms with van der Waals surface area (Å²) in [5, 5.41) is 9.08. The lowest BCUT2D eigenvalue weighted by molar-refractivity contribution is 0.181. The molecule has 24 heavy (non-hydrogen) atoms. The zero-order valence-corrected chi connectivity index (χ0v) is 14.3. The summed E-state index contributed by atoms with van der Waals surface area (Å²) in [4.78, 5) is 2.61. The average molecular weight is 346 g/mol. The number of rotatable bonds is 5. The summed E-state index contributed by atoms with van der Waals surface area (Å²) in [5.41, 5.74) is 2.07. The molecule has 1 aliphatic rings. The van der Waals surface area contributed by atoms with Gasteiger partial charge in [-0.2, -0.15) is 4.31 Å². The molecule has 0 unspecified atom stereocenters. The van der Waals surface area contributed by atoms with Crippen LogP contribution >= 0.6 is 0 Å². The lowest BCUT2D eigenvalue weighted by Crippen LogP contribution is -2.48. The molecule has 1 N–H and O–H groups in total. The third-order valence-corrected chi connectivity index (χ3v) is 6.24. The number of hydrogen-bond acceptors (Lipinski definition) is 4. The third-order valence-electron chi connectivity index (χ3n) is 4.32. The monoisotopic (exact) mass is 346 g/mol. The molecule has 2 aromatic rings. The fraction of sp³-hybridized carbons (Fsp3) is 0.333. The van der Waals surface area contributed by atoms with Crippen LogP contribution in [0.25, 0.3) is 0 Å². The molecule has 0 spiro atoms. The van der Waals surface area contributed by atoms with Crippen LogP contribution in [0.1, 0.15) is 11.1 Å². The molecule has 1 aliphatic heterocycles. The van der Waals surface area contributed by atoms with Gasteiger partial charge in [-0.05, 0) is 23.3 Å². The van der Waals surface area contributed by atoms with Gasteiger partial charge in [0.1, 0.15) is 0 Å². The summed E-state index contributed by atoms with van der Waals surface area (Å²) >= 11 is 0. The van der Waals surface area contributed by atoms with E-state index in [1.807, 2.05) is 30.3 Å². The molecule has 0 aromatic heterocycles. The van der Waals surface area contributed by atoms with Gasteiger partial charge in [-0.1, -0.05) is 42.5 Å². The van der Waals surface area contributed by atoms with Crippen molar-refractivity contribution in [3.63, 3.8) is 0 Å². The average Bonchev–Trinajstić information content (AvgIpc) is 2.63. The van der Waals surface area contributed by atoms with Crippen molar-refractivity contribution in [2.75, 3.05) is 26.2 Å². The molecular formula is C18H22N2O3S. The van der Waals surface area contributed by atoms with E-state index < -0.39 is 10.0 Å². The van der Waals surface area contributed by atoms with Crippen molar-refractivity contribution in [1.82, 2.24) is 9.21 Å². The van der Waals surface area contributed by atoms with Crippen molar-refractivity contribution in [2.45, 2.75) is 18.0 Å². The van der Waals surface area contributed by atoms with Gasteiger partial charge in [-0.25, -0.2) is 8.42 Å². The van der Waals surface area contributed by atoms with Crippen LogP contribution in [-0.2, 0) is 23.2 Å². The van der Waals surface area contributed by atoms with Gasteiger partial charge in [0.25, 0.3) is 0 Å². The molecule has 0 bridgehead atoms. The Labute approximate surface area is 143 Å². The first-order chi connectivity index (χ1) is 11.6. The second-order valence-electron chi connectivity index (χ2n) is 5.97. The largest absolute Gasteiger partial charge is 0.392 e. The molecule has 0 aliphatic carbocycles. The Morgan fingerprint density at radius 2 is 1.42 bits per heavy atom. The van der Waals surface area contributed by atoms with Crippen molar-refractivity contribution in [2.24, 2.45) is 0 Å². The minimum atomic E-state index is -3.39. The van der Waals surface area contributed by atoms with Crippen LogP contribution in [0.4, 0.5) is 0 Å². The highest BCUT2D eigenvalue weighted by atomic mass is 32.2. The van der Waals surface area contributed by atoms with E-state index in [0.29, 0.717) is 31.1 Å². The number of sulfonamides is 1. The molecule has 6 heteroatoms. The molecule has 2 aromatic carbocycles. The van der Waals surface area contributed by atoms with E-state index in [1.54, 1.807) is 28.6 Å². The van der Waals surface area contributed by atoms with Crippen LogP contribution in [0.3, 0.4) is 0 Å². The van der Waals surface area contributed by atoms with Gasteiger partial charge >= 0.3 is 0 Å². The fourth-order valence-corrected chi connectivity index (χ4v) is 4.32. The van der Waals surface area contributed by atoms with E-state index >= 15 is 0 Å². The van der Waals surface area contributed by atoms with Gasteiger partial charge in [0.05, 0.1) is 11.5 Å². The second-order valence-corrected chi connectivity index (χ2v) is 7.91. The minimum absolute atomic E-state index is 0.0519. The molecular weight excluding hydrogens is 324 g/mol. The Morgan fingerprint density at radius 1 is 0.833 bits per heavy atom. The maximum absolute atomic E-state index is 12.6. The summed E-state index contributed by atoms with van der Waals surface area (Å²) in [6, 6.07) is 16.5. The Balaban J connectivity index is 1.59. The van der Waals surface area contributed by atoms with E-state index in [-0.39, 0.29) is 6.61 Å². The van der Waals surface area contributed by atoms with E-state index in [2.05, 4.69) is 4.90 Å². The highest BCUT2D eigenvalue weighted by Gasteiger charge is 2.28. The summed E-state index contributed by atoms with van der Waals surface area (Å²) < 4.78 is 26.8. The van der Waals surface area contributed by atoms with Crippen molar-refractivity contribution in [1.29, 1.82) is 0 Å². The van der Waals surface area contributed by atoms with Crippen LogP contribution in [-0.4, -0.2) is 48.9 Å². The van der Waals surface area contributed by atoms with E-state index in [0.717, 1.165) is 12.1 Å². The molecule has 0 saturated carbocycles. The maximum Gasteiger partial charge on any atom is 0.243 e. The minimum Gasteiger partial charge on any atom is -0.392 e. The predicted octanol–water partition coefficient (Wildman–Crippen LogP) is 1.69.